The molecule has 0 amide bonds. The van der Waals surface area contributed by atoms with Crippen molar-refractivity contribution in [3.8, 4) is 0 Å². The van der Waals surface area contributed by atoms with Gasteiger partial charge in [0.05, 0.1) is 0 Å². The molecule has 1 fully saturated rings. The first kappa shape index (κ1) is 8.81. The predicted molar refractivity (Wildman–Crippen MR) is 31.2 cm³/mol. The Morgan fingerprint density at radius 3 is 1.44 bits per heavy atom. The molecule has 0 aliphatic carbocycles. The van der Waals surface area contributed by atoms with Gasteiger partial charge in [0.25, 0.3) is 0 Å². The SMILES string of the molecule is C1CCNC1.FB(F)F. The van der Waals surface area contributed by atoms with Gasteiger partial charge >= 0.3 is 7.54 Å². The van der Waals surface area contributed by atoms with Gasteiger partial charge in [-0.3, -0.25) is 12.9 Å². The second-order valence-corrected chi connectivity index (χ2v) is 1.70. The molecule has 0 aromatic rings. The third-order valence-electron chi connectivity index (χ3n) is 0.957. The zero-order chi connectivity index (χ0) is 7.11. The molecule has 1 heterocycles. The normalized spacial score (nSPS) is 16.3. The molecule has 0 radical (unpaired) electrons. The van der Waals surface area contributed by atoms with Crippen LogP contribution in [0.3, 0.4) is 0 Å². The summed E-state index contributed by atoms with van der Waals surface area (Å²) in [6.45, 7) is 2.50. The van der Waals surface area contributed by atoms with Crippen LogP contribution in [0.1, 0.15) is 12.8 Å². The van der Waals surface area contributed by atoms with E-state index in [0.717, 1.165) is 0 Å². The van der Waals surface area contributed by atoms with E-state index < -0.39 is 7.54 Å². The Bertz CT molecular complexity index is 47.4. The molecule has 54 valence electrons. The lowest BCUT2D eigenvalue weighted by Gasteiger charge is -1.76. The first-order chi connectivity index (χ1) is 4.23. The van der Waals surface area contributed by atoms with Crippen molar-refractivity contribution in [2.45, 2.75) is 12.8 Å². The Labute approximate surface area is 52.9 Å². The molecular weight excluding hydrogens is 130 g/mol. The molecular formula is C4H9BF3N. The Hall–Kier alpha value is -0.185. The van der Waals surface area contributed by atoms with Gasteiger partial charge in [-0.2, -0.15) is 0 Å². The van der Waals surface area contributed by atoms with Gasteiger partial charge in [0.2, 0.25) is 0 Å². The van der Waals surface area contributed by atoms with E-state index in [2.05, 4.69) is 5.32 Å². The van der Waals surface area contributed by atoms with Gasteiger partial charge in [0.1, 0.15) is 0 Å². The molecule has 0 spiro atoms. The van der Waals surface area contributed by atoms with Crippen LogP contribution in [0, 0.1) is 0 Å². The second kappa shape index (κ2) is 5.94. The summed E-state index contributed by atoms with van der Waals surface area (Å²) in [7, 11) is -3.67. The zero-order valence-corrected chi connectivity index (χ0v) is 5.04. The minimum absolute atomic E-state index is 1.25. The fraction of sp³-hybridized carbons (Fsp3) is 1.00. The van der Waals surface area contributed by atoms with Crippen molar-refractivity contribution >= 4 is 7.54 Å². The Morgan fingerprint density at radius 2 is 1.33 bits per heavy atom. The van der Waals surface area contributed by atoms with E-state index in [9.17, 15) is 12.9 Å². The molecule has 1 rings (SSSR count). The summed E-state index contributed by atoms with van der Waals surface area (Å²) in [5, 5.41) is 3.22. The molecule has 0 unspecified atom stereocenters. The van der Waals surface area contributed by atoms with Crippen molar-refractivity contribution in [2.24, 2.45) is 0 Å². The van der Waals surface area contributed by atoms with Gasteiger partial charge in [0, 0.05) is 0 Å². The van der Waals surface area contributed by atoms with Crippen molar-refractivity contribution < 1.29 is 12.9 Å². The van der Waals surface area contributed by atoms with Gasteiger partial charge in [-0.05, 0) is 25.9 Å². The van der Waals surface area contributed by atoms with Crippen LogP contribution in [0.2, 0.25) is 0 Å². The first-order valence-electron chi connectivity index (χ1n) is 2.86. The summed E-state index contributed by atoms with van der Waals surface area (Å²) in [6, 6.07) is 0. The minimum Gasteiger partial charge on any atom is -0.317 e. The molecule has 0 aromatic carbocycles. The third kappa shape index (κ3) is 11.4. The molecule has 0 atom stereocenters. The largest absolute Gasteiger partial charge is 0.762 e. The lowest BCUT2D eigenvalue weighted by Crippen LogP contribution is -2.03. The molecule has 0 aromatic heterocycles. The fourth-order valence-corrected chi connectivity index (χ4v) is 0.625. The van der Waals surface area contributed by atoms with E-state index in [1.165, 1.54) is 25.9 Å². The van der Waals surface area contributed by atoms with Crippen molar-refractivity contribution in [1.82, 2.24) is 5.32 Å². The highest BCUT2D eigenvalue weighted by Crippen LogP contribution is 1.90. The molecule has 1 saturated heterocycles. The number of halogens is 3. The van der Waals surface area contributed by atoms with Crippen LogP contribution in [-0.2, 0) is 0 Å². The maximum absolute atomic E-state index is 9.67. The van der Waals surface area contributed by atoms with Crippen molar-refractivity contribution in [3.63, 3.8) is 0 Å². The van der Waals surface area contributed by atoms with Crippen LogP contribution in [0.5, 0.6) is 0 Å². The molecule has 5 heteroatoms. The predicted octanol–water partition coefficient (Wildman–Crippen LogP) is 1.25. The number of nitrogens with one attached hydrogen (secondary N) is 1. The fourth-order valence-electron chi connectivity index (χ4n) is 0.625. The third-order valence-corrected chi connectivity index (χ3v) is 0.957. The zero-order valence-electron chi connectivity index (χ0n) is 5.04. The average Bonchev–Trinajstić information content (AvgIpc) is 2.11. The molecule has 1 aliphatic rings. The van der Waals surface area contributed by atoms with Crippen LogP contribution in [-0.4, -0.2) is 20.6 Å². The summed E-state index contributed by atoms with van der Waals surface area (Å²) in [5.74, 6) is 0. The average molecular weight is 139 g/mol. The van der Waals surface area contributed by atoms with Crippen LogP contribution in [0.25, 0.3) is 0 Å². The Morgan fingerprint density at radius 1 is 1.00 bits per heavy atom. The number of hydrogen-bond donors (Lipinski definition) is 1. The summed E-state index contributed by atoms with van der Waals surface area (Å²) < 4.78 is 29.0. The van der Waals surface area contributed by atoms with E-state index in [0.29, 0.717) is 0 Å². The highest BCUT2D eigenvalue weighted by Gasteiger charge is 2.06. The van der Waals surface area contributed by atoms with E-state index in [4.69, 9.17) is 0 Å². The topological polar surface area (TPSA) is 12.0 Å². The summed E-state index contributed by atoms with van der Waals surface area (Å²) >= 11 is 0. The van der Waals surface area contributed by atoms with Crippen LogP contribution >= 0.6 is 0 Å². The summed E-state index contributed by atoms with van der Waals surface area (Å²) in [5.41, 5.74) is 0. The van der Waals surface area contributed by atoms with Crippen LogP contribution in [0.15, 0.2) is 0 Å². The second-order valence-electron chi connectivity index (χ2n) is 1.70. The Balaban J connectivity index is 0.000000148. The van der Waals surface area contributed by atoms with Gasteiger partial charge in [-0.15, -0.1) is 0 Å². The molecule has 0 bridgehead atoms. The standard InChI is InChI=1S/C4H9N.BF3/c1-2-4-5-3-1;2-1(3)4/h5H,1-4H2;. The minimum atomic E-state index is -3.67. The molecule has 1 N–H and O–H groups in total. The van der Waals surface area contributed by atoms with E-state index in [-0.39, 0.29) is 0 Å². The van der Waals surface area contributed by atoms with Gasteiger partial charge in [-0.25, -0.2) is 0 Å². The summed E-state index contributed by atoms with van der Waals surface area (Å²) in [6.07, 6.45) is 2.78. The molecule has 0 saturated carbocycles. The number of hydrogen-bond acceptors (Lipinski definition) is 1. The van der Waals surface area contributed by atoms with Crippen LogP contribution in [0.4, 0.5) is 12.9 Å². The van der Waals surface area contributed by atoms with Gasteiger partial charge < -0.3 is 5.32 Å². The highest BCUT2D eigenvalue weighted by molar-refractivity contribution is 6.33. The number of rotatable bonds is 0. The smallest absolute Gasteiger partial charge is 0.317 e. The molecule has 9 heavy (non-hydrogen) atoms. The van der Waals surface area contributed by atoms with E-state index in [1.54, 1.807) is 0 Å². The lowest BCUT2D eigenvalue weighted by atomic mass is 10.4. The molecule has 1 aliphatic heterocycles. The van der Waals surface area contributed by atoms with E-state index >= 15 is 0 Å². The lowest BCUT2D eigenvalue weighted by molar-refractivity contribution is 0.535. The van der Waals surface area contributed by atoms with Gasteiger partial charge in [-0.1, -0.05) is 0 Å². The monoisotopic (exact) mass is 139 g/mol. The Kier molecular flexibility index (Phi) is 5.82. The van der Waals surface area contributed by atoms with Crippen LogP contribution < -0.4 is 5.32 Å². The van der Waals surface area contributed by atoms with Crippen molar-refractivity contribution in [2.75, 3.05) is 13.1 Å². The quantitative estimate of drug-likeness (QED) is 0.498. The first-order valence-corrected chi connectivity index (χ1v) is 2.86. The van der Waals surface area contributed by atoms with Crippen molar-refractivity contribution in [1.29, 1.82) is 0 Å². The molecule has 1 nitrogen and oxygen atoms in total. The highest BCUT2D eigenvalue weighted by atomic mass is 19.4. The maximum Gasteiger partial charge on any atom is 0.762 e. The maximum atomic E-state index is 9.67. The summed E-state index contributed by atoms with van der Waals surface area (Å²) in [4.78, 5) is 0. The van der Waals surface area contributed by atoms with E-state index in [1.807, 2.05) is 0 Å². The van der Waals surface area contributed by atoms with Gasteiger partial charge in [0.15, 0.2) is 0 Å². The van der Waals surface area contributed by atoms with Crippen molar-refractivity contribution in [3.05, 3.63) is 0 Å².